The van der Waals surface area contributed by atoms with Crippen LogP contribution >= 0.6 is 0 Å². The summed E-state index contributed by atoms with van der Waals surface area (Å²) in [6, 6.07) is 6.40. The van der Waals surface area contributed by atoms with Gasteiger partial charge >= 0.3 is 18.4 Å². The van der Waals surface area contributed by atoms with Crippen molar-refractivity contribution in [3.63, 3.8) is 0 Å². The number of amides is 4. The van der Waals surface area contributed by atoms with E-state index in [0.717, 1.165) is 11.9 Å². The SMILES string of the molecule is CN(C(=O)N(C)C1CN(C(=O)C2CCN(C(=O)CC#N)CC2)CC1c1ccc(F)cc1)c1cc(C(F)(F)F)cc(C(F)(F)F)c1. The average molecular weight is 642 g/mol. The first-order chi connectivity index (χ1) is 21.0. The van der Waals surface area contributed by atoms with Gasteiger partial charge in [0.2, 0.25) is 11.8 Å². The Balaban J connectivity index is 1.58. The molecular formula is C30H30F7N5O3. The van der Waals surface area contributed by atoms with Gasteiger partial charge in [0.05, 0.1) is 23.2 Å². The number of urea groups is 1. The number of nitrogens with zero attached hydrogens (tertiary/aromatic N) is 5. The summed E-state index contributed by atoms with van der Waals surface area (Å²) in [5.41, 5.74) is -3.20. The smallest absolute Gasteiger partial charge is 0.342 e. The molecule has 2 heterocycles. The lowest BCUT2D eigenvalue weighted by Gasteiger charge is -2.34. The number of piperidine rings is 1. The maximum atomic E-state index is 13.7. The van der Waals surface area contributed by atoms with Crippen LogP contribution in [0.25, 0.3) is 0 Å². The van der Waals surface area contributed by atoms with Crippen LogP contribution in [0.2, 0.25) is 0 Å². The van der Waals surface area contributed by atoms with E-state index in [-0.39, 0.29) is 50.5 Å². The van der Waals surface area contributed by atoms with E-state index in [1.54, 1.807) is 6.07 Å². The fourth-order valence-electron chi connectivity index (χ4n) is 5.83. The number of hydrogen-bond donors (Lipinski definition) is 0. The van der Waals surface area contributed by atoms with Crippen molar-refractivity contribution in [3.8, 4) is 6.07 Å². The topological polar surface area (TPSA) is 88.0 Å². The summed E-state index contributed by atoms with van der Waals surface area (Å²) >= 11 is 0. The Morgan fingerprint density at radius 3 is 1.96 bits per heavy atom. The van der Waals surface area contributed by atoms with Crippen molar-refractivity contribution >= 4 is 23.5 Å². The standard InChI is InChI=1S/C30H30F7N5O3/c1-39(23-14-20(29(32,33)34)13-21(15-23)30(35,36)37)28(45)40(2)25-17-42(16-24(25)18-3-5-22(31)6-4-18)27(44)19-8-11-41(12-9-19)26(43)7-10-38/h3-6,13-15,19,24-25H,7-9,11-12,16-17H2,1-2H3. The van der Waals surface area contributed by atoms with Gasteiger partial charge in [0, 0.05) is 57.8 Å². The molecule has 15 heteroatoms. The molecule has 2 aliphatic heterocycles. The van der Waals surface area contributed by atoms with Gasteiger partial charge in [0.25, 0.3) is 0 Å². The van der Waals surface area contributed by atoms with Crippen molar-refractivity contribution in [1.29, 1.82) is 5.26 Å². The molecule has 8 nitrogen and oxygen atoms in total. The lowest BCUT2D eigenvalue weighted by Crippen LogP contribution is -2.48. The minimum absolute atomic E-state index is 0.000918. The molecule has 0 saturated carbocycles. The van der Waals surface area contributed by atoms with Crippen LogP contribution in [-0.2, 0) is 21.9 Å². The molecule has 0 aromatic heterocycles. The number of nitriles is 1. The first kappa shape index (κ1) is 33.5. The molecular weight excluding hydrogens is 611 g/mol. The summed E-state index contributed by atoms with van der Waals surface area (Å²) in [6.07, 6.45) is -9.77. The summed E-state index contributed by atoms with van der Waals surface area (Å²) < 4.78 is 94.5. The molecule has 2 aromatic rings. The summed E-state index contributed by atoms with van der Waals surface area (Å²) in [6.45, 7) is 0.693. The maximum absolute atomic E-state index is 13.7. The number of alkyl halides is 6. The number of hydrogen-bond acceptors (Lipinski definition) is 4. The van der Waals surface area contributed by atoms with Crippen LogP contribution in [-0.4, -0.2) is 78.9 Å². The quantitative estimate of drug-likeness (QED) is 0.404. The summed E-state index contributed by atoms with van der Waals surface area (Å²) in [5.74, 6) is -2.08. The third kappa shape index (κ3) is 7.49. The van der Waals surface area contributed by atoms with Crippen molar-refractivity contribution < 1.29 is 45.1 Å². The molecule has 2 aliphatic rings. The highest BCUT2D eigenvalue weighted by atomic mass is 19.4. The van der Waals surface area contributed by atoms with E-state index < -0.39 is 58.9 Å². The first-order valence-electron chi connectivity index (χ1n) is 14.0. The molecule has 4 rings (SSSR count). The predicted molar refractivity (Wildman–Crippen MR) is 147 cm³/mol. The normalized spacial score (nSPS) is 19.3. The van der Waals surface area contributed by atoms with Gasteiger partial charge < -0.3 is 14.7 Å². The molecule has 2 unspecified atom stereocenters. The van der Waals surface area contributed by atoms with Crippen molar-refractivity contribution in [2.24, 2.45) is 5.92 Å². The largest absolute Gasteiger partial charge is 0.416 e. The monoisotopic (exact) mass is 641 g/mol. The fraction of sp³-hybridized carbons (Fsp3) is 0.467. The minimum atomic E-state index is -5.11. The van der Waals surface area contributed by atoms with E-state index in [2.05, 4.69) is 0 Å². The summed E-state index contributed by atoms with van der Waals surface area (Å²) in [5, 5.41) is 8.78. The number of rotatable bonds is 5. The lowest BCUT2D eigenvalue weighted by atomic mass is 9.93. The second-order valence-electron chi connectivity index (χ2n) is 11.2. The Bertz CT molecular complexity index is 1430. The number of carbonyl (C=O) groups is 3. The molecule has 242 valence electrons. The van der Waals surface area contributed by atoms with Gasteiger partial charge in [-0.1, -0.05) is 12.1 Å². The molecule has 2 fully saturated rings. The van der Waals surface area contributed by atoms with Gasteiger partial charge in [0.15, 0.2) is 0 Å². The predicted octanol–water partition coefficient (Wildman–Crippen LogP) is 5.50. The van der Waals surface area contributed by atoms with Crippen LogP contribution in [0.4, 0.5) is 41.2 Å². The minimum Gasteiger partial charge on any atom is -0.342 e. The number of halogens is 7. The van der Waals surface area contributed by atoms with Crippen molar-refractivity contribution in [3.05, 3.63) is 65.0 Å². The van der Waals surface area contributed by atoms with Gasteiger partial charge in [-0.05, 0) is 48.7 Å². The number of likely N-dealkylation sites (tertiary alicyclic amines) is 2. The van der Waals surface area contributed by atoms with E-state index in [0.29, 0.717) is 35.4 Å². The van der Waals surface area contributed by atoms with Crippen LogP contribution in [0.5, 0.6) is 0 Å². The van der Waals surface area contributed by atoms with E-state index in [1.807, 2.05) is 0 Å². The third-order valence-corrected chi connectivity index (χ3v) is 8.37. The summed E-state index contributed by atoms with van der Waals surface area (Å²) in [7, 11) is 2.40. The Kier molecular flexibility index (Phi) is 9.65. The molecule has 0 spiro atoms. The van der Waals surface area contributed by atoms with Crippen molar-refractivity contribution in [2.75, 3.05) is 45.2 Å². The van der Waals surface area contributed by atoms with Crippen LogP contribution in [0.15, 0.2) is 42.5 Å². The first-order valence-corrected chi connectivity index (χ1v) is 14.0. The second-order valence-corrected chi connectivity index (χ2v) is 11.2. The molecule has 2 aromatic carbocycles. The third-order valence-electron chi connectivity index (χ3n) is 8.37. The molecule has 2 atom stereocenters. The average Bonchev–Trinajstić information content (AvgIpc) is 3.44. The number of carbonyl (C=O) groups excluding carboxylic acids is 3. The number of benzene rings is 2. The van der Waals surface area contributed by atoms with Gasteiger partial charge in [-0.3, -0.25) is 14.5 Å². The van der Waals surface area contributed by atoms with E-state index in [9.17, 15) is 45.1 Å². The number of anilines is 1. The van der Waals surface area contributed by atoms with Crippen molar-refractivity contribution in [2.45, 2.75) is 43.6 Å². The van der Waals surface area contributed by atoms with Gasteiger partial charge in [-0.25, -0.2) is 9.18 Å². The molecule has 0 bridgehead atoms. The Morgan fingerprint density at radius 2 is 1.44 bits per heavy atom. The molecule has 0 radical (unpaired) electrons. The van der Waals surface area contributed by atoms with Gasteiger partial charge in [0.1, 0.15) is 12.2 Å². The van der Waals surface area contributed by atoms with Crippen LogP contribution in [0.1, 0.15) is 41.9 Å². The Morgan fingerprint density at radius 1 is 0.889 bits per heavy atom. The molecule has 0 N–H and O–H groups in total. The molecule has 0 aliphatic carbocycles. The zero-order chi connectivity index (χ0) is 33.3. The zero-order valence-corrected chi connectivity index (χ0v) is 24.3. The number of likely N-dealkylation sites (N-methyl/N-ethyl adjacent to an activating group) is 1. The van der Waals surface area contributed by atoms with E-state index in [4.69, 9.17) is 5.26 Å². The Labute approximate surface area is 254 Å². The molecule has 2 saturated heterocycles. The van der Waals surface area contributed by atoms with Crippen LogP contribution in [0.3, 0.4) is 0 Å². The van der Waals surface area contributed by atoms with E-state index >= 15 is 0 Å². The highest BCUT2D eigenvalue weighted by Gasteiger charge is 2.43. The fourth-order valence-corrected chi connectivity index (χ4v) is 5.83. The van der Waals surface area contributed by atoms with Crippen molar-refractivity contribution in [1.82, 2.24) is 14.7 Å². The highest BCUT2D eigenvalue weighted by molar-refractivity contribution is 5.92. The molecule has 45 heavy (non-hydrogen) atoms. The van der Waals surface area contributed by atoms with E-state index in [1.165, 1.54) is 41.1 Å². The highest BCUT2D eigenvalue weighted by Crippen LogP contribution is 2.39. The Hall–Kier alpha value is -4.35. The zero-order valence-electron chi connectivity index (χ0n) is 24.3. The van der Waals surface area contributed by atoms with Crippen LogP contribution in [0, 0.1) is 23.1 Å². The second kappa shape index (κ2) is 12.9. The van der Waals surface area contributed by atoms with Gasteiger partial charge in [-0.15, -0.1) is 0 Å². The summed E-state index contributed by atoms with van der Waals surface area (Å²) in [4.78, 5) is 44.1. The lowest BCUT2D eigenvalue weighted by molar-refractivity contribution is -0.143. The molecule has 4 amide bonds. The van der Waals surface area contributed by atoms with Crippen LogP contribution < -0.4 is 4.90 Å². The van der Waals surface area contributed by atoms with Gasteiger partial charge in [-0.2, -0.15) is 31.6 Å². The maximum Gasteiger partial charge on any atom is 0.416 e.